The maximum absolute atomic E-state index is 11.3. The molecule has 0 saturated carbocycles. The highest BCUT2D eigenvalue weighted by atomic mass is 16.4. The first-order chi connectivity index (χ1) is 6.49. The molecular weight excluding hydrogens is 184 g/mol. The van der Waals surface area contributed by atoms with Crippen molar-refractivity contribution in [3.63, 3.8) is 0 Å². The summed E-state index contributed by atoms with van der Waals surface area (Å²) < 4.78 is 0. The molecular formula is C9H18N2O3. The minimum Gasteiger partial charge on any atom is -0.480 e. The molecule has 0 bridgehead atoms. The number of nitrogens with one attached hydrogen (secondary N) is 1. The summed E-state index contributed by atoms with van der Waals surface area (Å²) in [7, 11) is 0. The number of hydrogen-bond donors (Lipinski definition) is 3. The Kier molecular flexibility index (Phi) is 5.87. The normalized spacial score (nSPS) is 14.5. The molecule has 0 aliphatic rings. The zero-order valence-electron chi connectivity index (χ0n) is 8.62. The number of nitrogens with two attached hydrogens (primary N) is 1. The Labute approximate surface area is 83.7 Å². The molecule has 0 aromatic carbocycles. The SMILES string of the molecule is CC(CCCN)C(=O)N[C@@H](C)C(=O)O. The Morgan fingerprint density at radius 3 is 2.43 bits per heavy atom. The lowest BCUT2D eigenvalue weighted by Gasteiger charge is -2.14. The van der Waals surface area contributed by atoms with Crippen molar-refractivity contribution in [2.24, 2.45) is 11.7 Å². The van der Waals surface area contributed by atoms with Crippen molar-refractivity contribution in [2.45, 2.75) is 32.7 Å². The quantitative estimate of drug-likeness (QED) is 0.563. The van der Waals surface area contributed by atoms with Crippen LogP contribution in [0.4, 0.5) is 0 Å². The second-order valence-electron chi connectivity index (χ2n) is 3.40. The van der Waals surface area contributed by atoms with Gasteiger partial charge in [0.25, 0.3) is 0 Å². The Balaban J connectivity index is 3.88. The molecule has 0 rings (SSSR count). The zero-order chi connectivity index (χ0) is 11.1. The molecule has 14 heavy (non-hydrogen) atoms. The van der Waals surface area contributed by atoms with E-state index >= 15 is 0 Å². The van der Waals surface area contributed by atoms with Crippen LogP contribution in [0.1, 0.15) is 26.7 Å². The van der Waals surface area contributed by atoms with E-state index in [0.29, 0.717) is 13.0 Å². The molecule has 1 unspecified atom stereocenters. The molecule has 1 amide bonds. The van der Waals surface area contributed by atoms with Crippen molar-refractivity contribution in [2.75, 3.05) is 6.54 Å². The number of carbonyl (C=O) groups is 2. The van der Waals surface area contributed by atoms with Crippen LogP contribution in [0.2, 0.25) is 0 Å². The predicted molar refractivity (Wildman–Crippen MR) is 52.7 cm³/mol. The summed E-state index contributed by atoms with van der Waals surface area (Å²) in [6.45, 7) is 3.75. The van der Waals surface area contributed by atoms with Crippen LogP contribution in [-0.4, -0.2) is 29.6 Å². The van der Waals surface area contributed by atoms with Gasteiger partial charge in [0.2, 0.25) is 5.91 Å². The van der Waals surface area contributed by atoms with Gasteiger partial charge in [-0.2, -0.15) is 0 Å². The smallest absolute Gasteiger partial charge is 0.325 e. The molecule has 0 fully saturated rings. The minimum atomic E-state index is -1.02. The van der Waals surface area contributed by atoms with E-state index < -0.39 is 12.0 Å². The molecule has 5 nitrogen and oxygen atoms in total. The lowest BCUT2D eigenvalue weighted by Crippen LogP contribution is -2.41. The van der Waals surface area contributed by atoms with Crippen molar-refractivity contribution in [3.05, 3.63) is 0 Å². The number of hydrogen-bond acceptors (Lipinski definition) is 3. The van der Waals surface area contributed by atoms with Crippen molar-refractivity contribution < 1.29 is 14.7 Å². The van der Waals surface area contributed by atoms with E-state index in [9.17, 15) is 9.59 Å². The molecule has 0 aromatic heterocycles. The fraction of sp³-hybridized carbons (Fsp3) is 0.778. The first kappa shape index (κ1) is 12.9. The Bertz CT molecular complexity index is 206. The molecule has 0 spiro atoms. The van der Waals surface area contributed by atoms with Gasteiger partial charge in [-0.15, -0.1) is 0 Å². The number of carboxylic acids is 1. The van der Waals surface area contributed by atoms with Crippen molar-refractivity contribution in [1.82, 2.24) is 5.32 Å². The summed E-state index contributed by atoms with van der Waals surface area (Å²) in [6, 6.07) is -0.831. The Morgan fingerprint density at radius 1 is 1.43 bits per heavy atom. The fourth-order valence-electron chi connectivity index (χ4n) is 0.973. The highest BCUT2D eigenvalue weighted by Crippen LogP contribution is 2.04. The van der Waals surface area contributed by atoms with Crippen LogP contribution in [0, 0.1) is 5.92 Å². The van der Waals surface area contributed by atoms with Gasteiger partial charge < -0.3 is 16.2 Å². The molecule has 2 atom stereocenters. The van der Waals surface area contributed by atoms with Gasteiger partial charge in [-0.1, -0.05) is 6.92 Å². The van der Waals surface area contributed by atoms with E-state index in [-0.39, 0.29) is 11.8 Å². The average Bonchev–Trinajstić information content (AvgIpc) is 2.13. The standard InChI is InChI=1S/C9H18N2O3/c1-6(4-3-5-10)8(12)11-7(2)9(13)14/h6-7H,3-5,10H2,1-2H3,(H,11,12)(H,13,14)/t6?,7-/m0/s1. The summed E-state index contributed by atoms with van der Waals surface area (Å²) in [5, 5.41) is 11.0. The van der Waals surface area contributed by atoms with Crippen LogP contribution < -0.4 is 11.1 Å². The van der Waals surface area contributed by atoms with E-state index in [1.54, 1.807) is 6.92 Å². The van der Waals surface area contributed by atoms with Crippen LogP contribution in [0.25, 0.3) is 0 Å². The molecule has 0 radical (unpaired) electrons. The molecule has 0 heterocycles. The number of rotatable bonds is 6. The zero-order valence-corrected chi connectivity index (χ0v) is 8.62. The predicted octanol–water partition coefficient (Wildman–Crippen LogP) is -0.0493. The fourth-order valence-corrected chi connectivity index (χ4v) is 0.973. The van der Waals surface area contributed by atoms with Gasteiger partial charge in [0, 0.05) is 5.92 Å². The summed E-state index contributed by atoms with van der Waals surface area (Å²) in [4.78, 5) is 21.8. The summed E-state index contributed by atoms with van der Waals surface area (Å²) in [6.07, 6.45) is 1.46. The largest absolute Gasteiger partial charge is 0.480 e. The third-order valence-corrected chi connectivity index (χ3v) is 2.02. The van der Waals surface area contributed by atoms with Gasteiger partial charge in [-0.05, 0) is 26.3 Å². The Morgan fingerprint density at radius 2 is 2.00 bits per heavy atom. The van der Waals surface area contributed by atoms with Gasteiger partial charge in [0.15, 0.2) is 0 Å². The first-order valence-electron chi connectivity index (χ1n) is 4.72. The monoisotopic (exact) mass is 202 g/mol. The molecule has 0 aliphatic carbocycles. The third kappa shape index (κ3) is 4.81. The van der Waals surface area contributed by atoms with Crippen molar-refractivity contribution >= 4 is 11.9 Å². The van der Waals surface area contributed by atoms with Crippen molar-refractivity contribution in [3.8, 4) is 0 Å². The molecule has 4 N–H and O–H groups in total. The maximum Gasteiger partial charge on any atom is 0.325 e. The van der Waals surface area contributed by atoms with Gasteiger partial charge in [-0.25, -0.2) is 0 Å². The topological polar surface area (TPSA) is 92.4 Å². The molecule has 0 aliphatic heterocycles. The van der Waals surface area contributed by atoms with Crippen LogP contribution in [0.15, 0.2) is 0 Å². The summed E-state index contributed by atoms with van der Waals surface area (Å²) >= 11 is 0. The van der Waals surface area contributed by atoms with Gasteiger partial charge in [-0.3, -0.25) is 9.59 Å². The third-order valence-electron chi connectivity index (χ3n) is 2.02. The molecule has 5 heteroatoms. The number of carbonyl (C=O) groups excluding carboxylic acids is 1. The maximum atomic E-state index is 11.3. The number of amides is 1. The van der Waals surface area contributed by atoms with E-state index in [1.165, 1.54) is 6.92 Å². The average molecular weight is 202 g/mol. The highest BCUT2D eigenvalue weighted by molar-refractivity contribution is 5.84. The number of carboxylic acid groups (broad SMARTS) is 1. The van der Waals surface area contributed by atoms with E-state index in [0.717, 1.165) is 6.42 Å². The number of aliphatic carboxylic acids is 1. The van der Waals surface area contributed by atoms with Gasteiger partial charge in [0.05, 0.1) is 0 Å². The molecule has 0 aromatic rings. The lowest BCUT2D eigenvalue weighted by molar-refractivity contribution is -0.141. The van der Waals surface area contributed by atoms with Crippen LogP contribution >= 0.6 is 0 Å². The highest BCUT2D eigenvalue weighted by Gasteiger charge is 2.18. The van der Waals surface area contributed by atoms with Gasteiger partial charge >= 0.3 is 5.97 Å². The van der Waals surface area contributed by atoms with Crippen LogP contribution in [0.3, 0.4) is 0 Å². The summed E-state index contributed by atoms with van der Waals surface area (Å²) in [5.74, 6) is -1.43. The van der Waals surface area contributed by atoms with Crippen LogP contribution in [-0.2, 0) is 9.59 Å². The molecule has 0 saturated heterocycles. The van der Waals surface area contributed by atoms with Crippen LogP contribution in [0.5, 0.6) is 0 Å². The second kappa shape index (κ2) is 6.37. The lowest BCUT2D eigenvalue weighted by atomic mass is 10.0. The van der Waals surface area contributed by atoms with Gasteiger partial charge in [0.1, 0.15) is 6.04 Å². The Hall–Kier alpha value is -1.10. The first-order valence-corrected chi connectivity index (χ1v) is 4.72. The van der Waals surface area contributed by atoms with E-state index in [2.05, 4.69) is 5.32 Å². The summed E-state index contributed by atoms with van der Waals surface area (Å²) in [5.41, 5.74) is 5.30. The molecule has 82 valence electrons. The van der Waals surface area contributed by atoms with E-state index in [4.69, 9.17) is 10.8 Å². The minimum absolute atomic E-state index is 0.180. The van der Waals surface area contributed by atoms with E-state index in [1.807, 2.05) is 0 Å². The van der Waals surface area contributed by atoms with Crippen molar-refractivity contribution in [1.29, 1.82) is 0 Å². The second-order valence-corrected chi connectivity index (χ2v) is 3.40.